The lowest BCUT2D eigenvalue weighted by molar-refractivity contribution is -0.384. The minimum atomic E-state index is -0.478. The smallest absolute Gasteiger partial charge is 0.271 e. The van der Waals surface area contributed by atoms with Gasteiger partial charge < -0.3 is 10.3 Å². The molecule has 7 nitrogen and oxygen atoms in total. The number of non-ortho nitro benzene ring substituents is 1. The lowest BCUT2D eigenvalue weighted by Crippen LogP contribution is -2.11. The van der Waals surface area contributed by atoms with Crippen molar-refractivity contribution in [2.75, 3.05) is 0 Å². The number of benzene rings is 1. The first-order valence-corrected chi connectivity index (χ1v) is 6.85. The van der Waals surface area contributed by atoms with Crippen molar-refractivity contribution >= 4 is 21.6 Å². The number of hydrogen-bond donors (Lipinski definition) is 1. The first-order chi connectivity index (χ1) is 9.51. The van der Waals surface area contributed by atoms with Crippen LogP contribution in [0, 0.1) is 10.1 Å². The van der Waals surface area contributed by atoms with Gasteiger partial charge in [-0.3, -0.25) is 10.1 Å². The fourth-order valence-corrected chi connectivity index (χ4v) is 2.23. The summed E-state index contributed by atoms with van der Waals surface area (Å²) in [6, 6.07) is 4.17. The first-order valence-electron chi connectivity index (χ1n) is 6.05. The van der Waals surface area contributed by atoms with Gasteiger partial charge in [0, 0.05) is 22.2 Å². The molecule has 0 aliphatic carbocycles. The van der Waals surface area contributed by atoms with Crippen molar-refractivity contribution in [3.8, 4) is 11.5 Å². The maximum atomic E-state index is 10.8. The fourth-order valence-electron chi connectivity index (χ4n) is 1.75. The molecule has 2 rings (SSSR count). The second kappa shape index (κ2) is 6.10. The van der Waals surface area contributed by atoms with E-state index in [-0.39, 0.29) is 17.6 Å². The summed E-state index contributed by atoms with van der Waals surface area (Å²) in [5, 5.41) is 14.7. The average molecular weight is 341 g/mol. The Hall–Kier alpha value is -1.80. The number of nitrogens with two attached hydrogens (primary N) is 1. The molecule has 106 valence electrons. The van der Waals surface area contributed by atoms with Crippen LogP contribution in [0.2, 0.25) is 0 Å². The van der Waals surface area contributed by atoms with E-state index < -0.39 is 4.92 Å². The second-order valence-electron chi connectivity index (χ2n) is 4.31. The summed E-state index contributed by atoms with van der Waals surface area (Å²) in [6.45, 7) is 2.01. The molecule has 0 saturated heterocycles. The number of halogens is 1. The topological polar surface area (TPSA) is 108 Å². The van der Waals surface area contributed by atoms with Crippen molar-refractivity contribution < 1.29 is 9.45 Å². The highest BCUT2D eigenvalue weighted by Crippen LogP contribution is 2.28. The van der Waals surface area contributed by atoms with Gasteiger partial charge in [0.25, 0.3) is 11.6 Å². The molecule has 0 spiro atoms. The van der Waals surface area contributed by atoms with Gasteiger partial charge in [0.2, 0.25) is 0 Å². The highest BCUT2D eigenvalue weighted by Gasteiger charge is 2.17. The SMILES string of the molecule is CCCC(N)c1noc(-c2cc(Br)cc([N+](=O)[O-])c2)n1. The summed E-state index contributed by atoms with van der Waals surface area (Å²) in [7, 11) is 0. The highest BCUT2D eigenvalue weighted by atomic mass is 79.9. The molecule has 1 atom stereocenters. The summed E-state index contributed by atoms with van der Waals surface area (Å²) in [5.41, 5.74) is 6.33. The third-order valence-electron chi connectivity index (χ3n) is 2.71. The molecule has 2 aromatic rings. The molecule has 0 radical (unpaired) electrons. The molecular weight excluding hydrogens is 328 g/mol. The zero-order valence-electron chi connectivity index (χ0n) is 10.7. The minimum absolute atomic E-state index is 0.0491. The molecule has 0 saturated carbocycles. The van der Waals surface area contributed by atoms with Gasteiger partial charge in [-0.2, -0.15) is 4.98 Å². The maximum absolute atomic E-state index is 10.8. The molecule has 2 N–H and O–H groups in total. The van der Waals surface area contributed by atoms with Crippen molar-refractivity contribution in [2.45, 2.75) is 25.8 Å². The van der Waals surface area contributed by atoms with Gasteiger partial charge in [0.15, 0.2) is 5.82 Å². The Balaban J connectivity index is 2.34. The largest absolute Gasteiger partial charge is 0.334 e. The molecule has 0 aliphatic heterocycles. The number of aromatic nitrogens is 2. The quantitative estimate of drug-likeness (QED) is 0.661. The molecule has 1 aromatic carbocycles. The molecular formula is C12H13BrN4O3. The fraction of sp³-hybridized carbons (Fsp3) is 0.333. The van der Waals surface area contributed by atoms with Gasteiger partial charge in [-0.15, -0.1) is 0 Å². The van der Waals surface area contributed by atoms with Crippen molar-refractivity contribution in [2.24, 2.45) is 5.73 Å². The number of nitro groups is 1. The molecule has 0 amide bonds. The van der Waals surface area contributed by atoms with Gasteiger partial charge in [0.05, 0.1) is 11.0 Å². The summed E-state index contributed by atoms with van der Waals surface area (Å²) in [4.78, 5) is 14.5. The highest BCUT2D eigenvalue weighted by molar-refractivity contribution is 9.10. The van der Waals surface area contributed by atoms with Crippen LogP contribution in [0.15, 0.2) is 27.2 Å². The Morgan fingerprint density at radius 3 is 2.90 bits per heavy atom. The van der Waals surface area contributed by atoms with Crippen LogP contribution in [0.4, 0.5) is 5.69 Å². The van der Waals surface area contributed by atoms with E-state index in [0.717, 1.165) is 12.8 Å². The standard InChI is InChI=1S/C12H13BrN4O3/c1-2-3-10(14)11-15-12(20-16-11)7-4-8(13)6-9(5-7)17(18)19/h4-6,10H,2-3,14H2,1H3. The lowest BCUT2D eigenvalue weighted by Gasteiger charge is -2.02. The van der Waals surface area contributed by atoms with Crippen LogP contribution in [-0.2, 0) is 0 Å². The van der Waals surface area contributed by atoms with Crippen LogP contribution < -0.4 is 5.73 Å². The molecule has 0 bridgehead atoms. The Kier molecular flexibility index (Phi) is 4.46. The van der Waals surface area contributed by atoms with E-state index in [1.165, 1.54) is 12.1 Å². The molecule has 1 heterocycles. The maximum Gasteiger partial charge on any atom is 0.271 e. The molecule has 0 fully saturated rings. The normalized spacial score (nSPS) is 12.3. The zero-order valence-corrected chi connectivity index (χ0v) is 12.3. The van der Waals surface area contributed by atoms with Crippen molar-refractivity contribution in [3.05, 3.63) is 38.6 Å². The van der Waals surface area contributed by atoms with Gasteiger partial charge >= 0.3 is 0 Å². The van der Waals surface area contributed by atoms with E-state index in [2.05, 4.69) is 26.1 Å². The van der Waals surface area contributed by atoms with Crippen molar-refractivity contribution in [1.29, 1.82) is 0 Å². The van der Waals surface area contributed by atoms with Crippen LogP contribution in [0.1, 0.15) is 31.6 Å². The molecule has 1 aromatic heterocycles. The van der Waals surface area contributed by atoms with Crippen LogP contribution in [0.5, 0.6) is 0 Å². The van der Waals surface area contributed by atoms with Gasteiger partial charge in [-0.05, 0) is 12.5 Å². The lowest BCUT2D eigenvalue weighted by atomic mass is 10.1. The van der Waals surface area contributed by atoms with Crippen molar-refractivity contribution in [3.63, 3.8) is 0 Å². The van der Waals surface area contributed by atoms with Crippen LogP contribution >= 0.6 is 15.9 Å². The third kappa shape index (κ3) is 3.20. The number of nitrogens with zero attached hydrogens (tertiary/aromatic N) is 3. The Morgan fingerprint density at radius 1 is 1.50 bits per heavy atom. The Bertz CT molecular complexity index is 629. The molecule has 0 aliphatic rings. The zero-order chi connectivity index (χ0) is 14.7. The van der Waals surface area contributed by atoms with Crippen LogP contribution in [-0.4, -0.2) is 15.1 Å². The van der Waals surface area contributed by atoms with E-state index in [1.54, 1.807) is 6.07 Å². The Labute approximate surface area is 123 Å². The third-order valence-corrected chi connectivity index (χ3v) is 3.17. The van der Waals surface area contributed by atoms with E-state index in [0.29, 0.717) is 15.9 Å². The number of hydrogen-bond acceptors (Lipinski definition) is 6. The summed E-state index contributed by atoms with van der Waals surface area (Å²) in [5.74, 6) is 0.625. The van der Waals surface area contributed by atoms with Gasteiger partial charge in [-0.25, -0.2) is 0 Å². The number of nitro benzene ring substituents is 1. The summed E-state index contributed by atoms with van der Waals surface area (Å²) >= 11 is 3.22. The minimum Gasteiger partial charge on any atom is -0.334 e. The molecule has 20 heavy (non-hydrogen) atoms. The Morgan fingerprint density at radius 2 is 2.25 bits per heavy atom. The van der Waals surface area contributed by atoms with Gasteiger partial charge in [-0.1, -0.05) is 34.4 Å². The predicted octanol–water partition coefficient (Wildman–Crippen LogP) is 3.21. The average Bonchev–Trinajstić information content (AvgIpc) is 2.88. The summed E-state index contributed by atoms with van der Waals surface area (Å²) < 4.78 is 5.69. The van der Waals surface area contributed by atoms with Gasteiger partial charge in [0.1, 0.15) is 0 Å². The van der Waals surface area contributed by atoms with E-state index in [1.807, 2.05) is 6.92 Å². The molecule has 8 heteroatoms. The number of rotatable bonds is 5. The molecule has 1 unspecified atom stereocenters. The van der Waals surface area contributed by atoms with E-state index in [4.69, 9.17) is 10.3 Å². The summed E-state index contributed by atoms with van der Waals surface area (Å²) in [6.07, 6.45) is 1.66. The van der Waals surface area contributed by atoms with Crippen LogP contribution in [0.25, 0.3) is 11.5 Å². The first kappa shape index (κ1) is 14.6. The van der Waals surface area contributed by atoms with Crippen molar-refractivity contribution in [1.82, 2.24) is 10.1 Å². The second-order valence-corrected chi connectivity index (χ2v) is 5.22. The van der Waals surface area contributed by atoms with E-state index in [9.17, 15) is 10.1 Å². The van der Waals surface area contributed by atoms with Crippen LogP contribution in [0.3, 0.4) is 0 Å². The predicted molar refractivity (Wildman–Crippen MR) is 75.9 cm³/mol. The monoisotopic (exact) mass is 340 g/mol. The van der Waals surface area contributed by atoms with E-state index >= 15 is 0 Å².